The Morgan fingerprint density at radius 2 is 2.43 bits per heavy atom. The van der Waals surface area contributed by atoms with Crippen molar-refractivity contribution >= 4 is 0 Å². The highest BCUT2D eigenvalue weighted by Crippen LogP contribution is 2.34. The van der Waals surface area contributed by atoms with Crippen molar-refractivity contribution in [3.05, 3.63) is 24.3 Å². The van der Waals surface area contributed by atoms with Gasteiger partial charge >= 0.3 is 0 Å². The van der Waals surface area contributed by atoms with Gasteiger partial charge in [-0.2, -0.15) is 0 Å². The maximum Gasteiger partial charge on any atom is 0.0724 e. The Balaban J connectivity index is 1.70. The summed E-state index contributed by atoms with van der Waals surface area (Å²) in [6.07, 6.45) is 9.28. The summed E-state index contributed by atoms with van der Waals surface area (Å²) in [5.74, 6) is 0.914. The first-order chi connectivity index (χ1) is 6.90. The molecule has 0 saturated heterocycles. The molecule has 0 spiro atoms. The minimum Gasteiger partial charge on any atom is -0.308 e. The van der Waals surface area contributed by atoms with Crippen LogP contribution in [0.1, 0.15) is 31.9 Å². The Hall–Kier alpha value is -0.960. The van der Waals surface area contributed by atoms with Gasteiger partial charge in [-0.3, -0.25) is 9.97 Å². The largest absolute Gasteiger partial charge is 0.308 e. The molecule has 0 aliphatic heterocycles. The van der Waals surface area contributed by atoms with E-state index in [0.29, 0.717) is 0 Å². The first-order valence-corrected chi connectivity index (χ1v) is 5.38. The van der Waals surface area contributed by atoms with Gasteiger partial charge in [0.05, 0.1) is 5.69 Å². The van der Waals surface area contributed by atoms with Crippen molar-refractivity contribution in [1.82, 2.24) is 15.3 Å². The third kappa shape index (κ3) is 2.51. The molecule has 0 radical (unpaired) electrons. The van der Waals surface area contributed by atoms with Crippen LogP contribution in [-0.4, -0.2) is 16.0 Å². The molecule has 1 aromatic rings. The molecule has 3 nitrogen and oxygen atoms in total. The minimum absolute atomic E-state index is 0.733. The number of aromatic nitrogens is 2. The molecule has 2 unspecified atom stereocenters. The van der Waals surface area contributed by atoms with Crippen LogP contribution in [0.4, 0.5) is 0 Å². The first-order valence-electron chi connectivity index (χ1n) is 5.38. The number of nitrogens with zero attached hydrogens (tertiary/aromatic N) is 2. The highest BCUT2D eigenvalue weighted by molar-refractivity contribution is 4.98. The van der Waals surface area contributed by atoms with Crippen molar-refractivity contribution in [1.29, 1.82) is 0 Å². The topological polar surface area (TPSA) is 37.8 Å². The first kappa shape index (κ1) is 9.59. The van der Waals surface area contributed by atoms with Crippen LogP contribution in [-0.2, 0) is 6.54 Å². The Kier molecular flexibility index (Phi) is 3.09. The van der Waals surface area contributed by atoms with E-state index in [1.165, 1.54) is 19.3 Å². The van der Waals surface area contributed by atoms with E-state index in [2.05, 4.69) is 22.2 Å². The third-order valence-electron chi connectivity index (χ3n) is 2.74. The molecule has 2 rings (SSSR count). The lowest BCUT2D eigenvalue weighted by Gasteiger charge is -2.02. The normalized spacial score (nSPS) is 24.9. The Morgan fingerprint density at radius 3 is 3.14 bits per heavy atom. The highest BCUT2D eigenvalue weighted by Gasteiger charge is 2.35. The Morgan fingerprint density at radius 1 is 1.50 bits per heavy atom. The standard InChI is InChI=1S/C11H17N3/c1-2-3-9-6-11(9)14-8-10-7-12-4-5-13-10/h4-5,7,9,11,14H,2-3,6,8H2,1H3. The maximum atomic E-state index is 4.22. The monoisotopic (exact) mass is 191 g/mol. The fraction of sp³-hybridized carbons (Fsp3) is 0.636. The van der Waals surface area contributed by atoms with Crippen molar-refractivity contribution < 1.29 is 0 Å². The van der Waals surface area contributed by atoms with Crippen molar-refractivity contribution in [2.75, 3.05) is 0 Å². The second-order valence-corrected chi connectivity index (χ2v) is 3.97. The van der Waals surface area contributed by atoms with E-state index in [1.807, 2.05) is 6.20 Å². The van der Waals surface area contributed by atoms with Crippen LogP contribution >= 0.6 is 0 Å². The molecule has 1 aliphatic carbocycles. The van der Waals surface area contributed by atoms with Crippen LogP contribution < -0.4 is 5.32 Å². The number of hydrogen-bond acceptors (Lipinski definition) is 3. The second kappa shape index (κ2) is 4.51. The zero-order valence-electron chi connectivity index (χ0n) is 8.61. The van der Waals surface area contributed by atoms with Gasteiger partial charge in [0.1, 0.15) is 0 Å². The average Bonchev–Trinajstić information content (AvgIpc) is 2.96. The van der Waals surface area contributed by atoms with Gasteiger partial charge in [-0.15, -0.1) is 0 Å². The van der Waals surface area contributed by atoms with Gasteiger partial charge < -0.3 is 5.32 Å². The van der Waals surface area contributed by atoms with Crippen molar-refractivity contribution in [3.8, 4) is 0 Å². The maximum absolute atomic E-state index is 4.22. The molecule has 1 heterocycles. The van der Waals surface area contributed by atoms with Crippen molar-refractivity contribution in [2.45, 2.75) is 38.8 Å². The molecular formula is C11H17N3. The van der Waals surface area contributed by atoms with Crippen molar-refractivity contribution in [3.63, 3.8) is 0 Å². The summed E-state index contributed by atoms with van der Waals surface area (Å²) in [5.41, 5.74) is 1.04. The van der Waals surface area contributed by atoms with E-state index >= 15 is 0 Å². The van der Waals surface area contributed by atoms with Gasteiger partial charge in [-0.1, -0.05) is 13.3 Å². The molecule has 0 bridgehead atoms. The molecule has 1 saturated carbocycles. The van der Waals surface area contributed by atoms with Gasteiger partial charge in [-0.25, -0.2) is 0 Å². The third-order valence-corrected chi connectivity index (χ3v) is 2.74. The SMILES string of the molecule is CCCC1CC1NCc1cnccn1. The van der Waals surface area contributed by atoms with E-state index < -0.39 is 0 Å². The van der Waals surface area contributed by atoms with E-state index in [9.17, 15) is 0 Å². The molecule has 1 aromatic heterocycles. The van der Waals surface area contributed by atoms with E-state index in [4.69, 9.17) is 0 Å². The number of hydrogen-bond donors (Lipinski definition) is 1. The zero-order valence-corrected chi connectivity index (χ0v) is 8.61. The zero-order chi connectivity index (χ0) is 9.80. The molecule has 1 aliphatic rings. The van der Waals surface area contributed by atoms with Gasteiger partial charge in [0, 0.05) is 31.2 Å². The molecule has 0 aromatic carbocycles. The summed E-state index contributed by atoms with van der Waals surface area (Å²) >= 11 is 0. The fourth-order valence-corrected chi connectivity index (χ4v) is 1.84. The second-order valence-electron chi connectivity index (χ2n) is 3.97. The Bertz CT molecular complexity index is 273. The predicted molar refractivity (Wildman–Crippen MR) is 55.7 cm³/mol. The van der Waals surface area contributed by atoms with Crippen molar-refractivity contribution in [2.24, 2.45) is 5.92 Å². The smallest absolute Gasteiger partial charge is 0.0724 e. The van der Waals surface area contributed by atoms with E-state index in [-0.39, 0.29) is 0 Å². The summed E-state index contributed by atoms with van der Waals surface area (Å²) in [6.45, 7) is 3.11. The van der Waals surface area contributed by atoms with Crippen LogP contribution in [0.3, 0.4) is 0 Å². The molecule has 1 fully saturated rings. The molecule has 3 heteroatoms. The van der Waals surface area contributed by atoms with E-state index in [0.717, 1.165) is 24.2 Å². The molecule has 1 N–H and O–H groups in total. The van der Waals surface area contributed by atoms with E-state index in [1.54, 1.807) is 12.4 Å². The predicted octanol–water partition coefficient (Wildman–Crippen LogP) is 1.75. The Labute approximate surface area is 85.0 Å². The molecule has 14 heavy (non-hydrogen) atoms. The van der Waals surface area contributed by atoms with Crippen LogP contribution in [0, 0.1) is 5.92 Å². The highest BCUT2D eigenvalue weighted by atomic mass is 15.0. The quantitative estimate of drug-likeness (QED) is 0.770. The minimum atomic E-state index is 0.733. The molecule has 0 amide bonds. The number of nitrogens with one attached hydrogen (secondary N) is 1. The van der Waals surface area contributed by atoms with Crippen LogP contribution in [0.25, 0.3) is 0 Å². The van der Waals surface area contributed by atoms with Gasteiger partial charge in [0.25, 0.3) is 0 Å². The van der Waals surface area contributed by atoms with Gasteiger partial charge in [0.15, 0.2) is 0 Å². The van der Waals surface area contributed by atoms with Crippen LogP contribution in [0.15, 0.2) is 18.6 Å². The summed E-state index contributed by atoms with van der Waals surface area (Å²) in [7, 11) is 0. The van der Waals surface area contributed by atoms with Crippen LogP contribution in [0.2, 0.25) is 0 Å². The summed E-state index contributed by atoms with van der Waals surface area (Å²) in [5, 5.41) is 3.51. The molecule has 76 valence electrons. The number of rotatable bonds is 5. The lowest BCUT2D eigenvalue weighted by Crippen LogP contribution is -2.18. The lowest BCUT2D eigenvalue weighted by atomic mass is 10.2. The summed E-state index contributed by atoms with van der Waals surface area (Å²) < 4.78 is 0. The van der Waals surface area contributed by atoms with Gasteiger partial charge in [0.2, 0.25) is 0 Å². The molecule has 2 atom stereocenters. The lowest BCUT2D eigenvalue weighted by molar-refractivity contribution is 0.593. The molecular weight excluding hydrogens is 174 g/mol. The van der Waals surface area contributed by atoms with Gasteiger partial charge in [-0.05, 0) is 18.8 Å². The summed E-state index contributed by atoms with van der Waals surface area (Å²) in [6, 6.07) is 0.733. The van der Waals surface area contributed by atoms with Crippen LogP contribution in [0.5, 0.6) is 0 Å². The average molecular weight is 191 g/mol. The summed E-state index contributed by atoms with van der Waals surface area (Å²) in [4.78, 5) is 8.26. The fourth-order valence-electron chi connectivity index (χ4n) is 1.84.